The highest BCUT2D eigenvalue weighted by atomic mass is 16.2. The van der Waals surface area contributed by atoms with Gasteiger partial charge in [-0.3, -0.25) is 9.78 Å². The van der Waals surface area contributed by atoms with Gasteiger partial charge in [0.1, 0.15) is 6.07 Å². The minimum absolute atomic E-state index is 0.158. The average molecular weight is 280 g/mol. The van der Waals surface area contributed by atoms with Gasteiger partial charge in [-0.2, -0.15) is 5.26 Å². The number of rotatable bonds is 2. The van der Waals surface area contributed by atoms with E-state index in [-0.39, 0.29) is 11.9 Å². The zero-order valence-electron chi connectivity index (χ0n) is 11.8. The van der Waals surface area contributed by atoms with Crippen LogP contribution in [0.4, 0.5) is 5.69 Å². The van der Waals surface area contributed by atoms with Crippen LogP contribution in [0.1, 0.15) is 18.4 Å². The number of piperidine rings is 1. The number of benzene rings is 1. The van der Waals surface area contributed by atoms with Crippen LogP contribution in [-0.4, -0.2) is 35.4 Å². The Bertz CT molecular complexity index is 735. The van der Waals surface area contributed by atoms with Gasteiger partial charge in [0.2, 0.25) is 5.91 Å². The third-order valence-electron chi connectivity index (χ3n) is 3.87. The number of carbonyl (C=O) groups excluding carboxylic acids is 1. The van der Waals surface area contributed by atoms with Crippen LogP contribution in [0.15, 0.2) is 30.5 Å². The van der Waals surface area contributed by atoms with Crippen LogP contribution < -0.4 is 5.32 Å². The maximum Gasteiger partial charge on any atom is 0.222 e. The molecule has 0 bridgehead atoms. The summed E-state index contributed by atoms with van der Waals surface area (Å²) < 4.78 is 0. The fourth-order valence-corrected chi connectivity index (χ4v) is 2.72. The second-order valence-corrected chi connectivity index (χ2v) is 5.33. The molecule has 1 atom stereocenters. The van der Waals surface area contributed by atoms with E-state index in [1.54, 1.807) is 11.1 Å². The Hall–Kier alpha value is -2.61. The van der Waals surface area contributed by atoms with E-state index in [2.05, 4.69) is 16.4 Å². The van der Waals surface area contributed by atoms with E-state index in [9.17, 15) is 10.1 Å². The molecule has 2 aromatic rings. The Morgan fingerprint density at radius 3 is 3.00 bits per heavy atom. The maximum atomic E-state index is 11.6. The number of anilines is 1. The average Bonchev–Trinajstić information content (AvgIpc) is 2.51. The number of amides is 1. The number of hydrogen-bond acceptors (Lipinski definition) is 4. The number of hydrogen-bond donors (Lipinski definition) is 1. The van der Waals surface area contributed by atoms with Crippen molar-refractivity contribution in [3.8, 4) is 6.07 Å². The summed E-state index contributed by atoms with van der Waals surface area (Å²) in [6.45, 7) is 0.653. The number of likely N-dealkylation sites (tertiary alicyclic amines) is 1. The summed E-state index contributed by atoms with van der Waals surface area (Å²) in [5.41, 5.74) is 2.21. The van der Waals surface area contributed by atoms with Gasteiger partial charge in [-0.25, -0.2) is 0 Å². The molecule has 3 rings (SSSR count). The van der Waals surface area contributed by atoms with Gasteiger partial charge in [-0.15, -0.1) is 0 Å². The van der Waals surface area contributed by atoms with Gasteiger partial charge < -0.3 is 10.2 Å². The SMILES string of the molecule is CN1CC(Nc2c(C#N)cnc3ccccc23)CCC1=O. The minimum atomic E-state index is 0.158. The van der Waals surface area contributed by atoms with Crippen LogP contribution in [0.3, 0.4) is 0 Å². The summed E-state index contributed by atoms with van der Waals surface area (Å²) in [7, 11) is 1.81. The van der Waals surface area contributed by atoms with Crippen molar-refractivity contribution in [2.75, 3.05) is 18.9 Å². The highest BCUT2D eigenvalue weighted by Crippen LogP contribution is 2.27. The van der Waals surface area contributed by atoms with E-state index in [4.69, 9.17) is 0 Å². The highest BCUT2D eigenvalue weighted by molar-refractivity contribution is 5.94. The molecule has 1 aliphatic heterocycles. The zero-order valence-corrected chi connectivity index (χ0v) is 11.8. The number of aromatic nitrogens is 1. The number of pyridine rings is 1. The number of likely N-dealkylation sites (N-methyl/N-ethyl adjacent to an activating group) is 1. The second-order valence-electron chi connectivity index (χ2n) is 5.33. The number of nitriles is 1. The molecule has 1 N–H and O–H groups in total. The van der Waals surface area contributed by atoms with Gasteiger partial charge >= 0.3 is 0 Å². The summed E-state index contributed by atoms with van der Waals surface area (Å²) in [6, 6.07) is 10.1. The van der Waals surface area contributed by atoms with E-state index in [1.165, 1.54) is 0 Å². The second kappa shape index (κ2) is 5.41. The first-order valence-electron chi connectivity index (χ1n) is 6.97. The lowest BCUT2D eigenvalue weighted by Gasteiger charge is -2.31. The van der Waals surface area contributed by atoms with Crippen molar-refractivity contribution in [2.45, 2.75) is 18.9 Å². The van der Waals surface area contributed by atoms with Crippen molar-refractivity contribution in [3.05, 3.63) is 36.0 Å². The first kappa shape index (κ1) is 13.4. The van der Waals surface area contributed by atoms with Crippen LogP contribution >= 0.6 is 0 Å². The third kappa shape index (κ3) is 2.52. The number of nitrogens with one attached hydrogen (secondary N) is 1. The molecule has 0 aliphatic carbocycles. The topological polar surface area (TPSA) is 69.0 Å². The quantitative estimate of drug-likeness (QED) is 0.915. The molecule has 1 aromatic heterocycles. The van der Waals surface area contributed by atoms with Crippen molar-refractivity contribution in [1.29, 1.82) is 5.26 Å². The fraction of sp³-hybridized carbons (Fsp3) is 0.312. The predicted molar refractivity (Wildman–Crippen MR) is 80.7 cm³/mol. The summed E-state index contributed by atoms with van der Waals surface area (Å²) in [4.78, 5) is 17.6. The van der Waals surface area contributed by atoms with Crippen LogP contribution in [0.5, 0.6) is 0 Å². The van der Waals surface area contributed by atoms with Gasteiger partial charge in [0.25, 0.3) is 0 Å². The number of carbonyl (C=O) groups is 1. The molecule has 2 heterocycles. The highest BCUT2D eigenvalue weighted by Gasteiger charge is 2.23. The van der Waals surface area contributed by atoms with Crippen LogP contribution in [0.25, 0.3) is 10.9 Å². The van der Waals surface area contributed by atoms with E-state index in [0.717, 1.165) is 23.0 Å². The summed E-state index contributed by atoms with van der Waals surface area (Å²) in [6.07, 6.45) is 2.92. The lowest BCUT2D eigenvalue weighted by Crippen LogP contribution is -2.43. The lowest BCUT2D eigenvalue weighted by molar-refractivity contribution is -0.132. The third-order valence-corrected chi connectivity index (χ3v) is 3.87. The van der Waals surface area contributed by atoms with E-state index < -0.39 is 0 Å². The van der Waals surface area contributed by atoms with Gasteiger partial charge in [-0.1, -0.05) is 18.2 Å². The molecule has 0 saturated carbocycles. The molecule has 1 aromatic carbocycles. The van der Waals surface area contributed by atoms with Gasteiger partial charge in [0, 0.05) is 37.6 Å². The number of para-hydroxylation sites is 1. The Labute approximate surface area is 123 Å². The fourth-order valence-electron chi connectivity index (χ4n) is 2.72. The van der Waals surface area contributed by atoms with E-state index in [0.29, 0.717) is 18.5 Å². The van der Waals surface area contributed by atoms with Crippen molar-refractivity contribution in [1.82, 2.24) is 9.88 Å². The number of nitrogens with zero attached hydrogens (tertiary/aromatic N) is 3. The summed E-state index contributed by atoms with van der Waals surface area (Å²) >= 11 is 0. The molecule has 1 unspecified atom stereocenters. The molecule has 1 fully saturated rings. The standard InChI is InChI=1S/C16H16N4O/c1-20-10-12(6-7-15(20)21)19-16-11(8-17)9-18-14-5-3-2-4-13(14)16/h2-5,9,12H,6-7,10H2,1H3,(H,18,19). The molecule has 1 saturated heterocycles. The molecule has 0 radical (unpaired) electrons. The molecule has 106 valence electrons. The largest absolute Gasteiger partial charge is 0.379 e. The first-order chi connectivity index (χ1) is 10.2. The van der Waals surface area contributed by atoms with Crippen LogP contribution in [0, 0.1) is 11.3 Å². The van der Waals surface area contributed by atoms with Crippen molar-refractivity contribution in [2.24, 2.45) is 0 Å². The molecule has 21 heavy (non-hydrogen) atoms. The van der Waals surface area contributed by atoms with Crippen LogP contribution in [0.2, 0.25) is 0 Å². The summed E-state index contributed by atoms with van der Waals surface area (Å²) in [5.74, 6) is 0.174. The smallest absolute Gasteiger partial charge is 0.222 e. The molecule has 1 amide bonds. The van der Waals surface area contributed by atoms with E-state index in [1.807, 2.05) is 31.3 Å². The minimum Gasteiger partial charge on any atom is -0.379 e. The molecule has 5 heteroatoms. The Kier molecular flexibility index (Phi) is 3.44. The van der Waals surface area contributed by atoms with Crippen LogP contribution in [-0.2, 0) is 4.79 Å². The van der Waals surface area contributed by atoms with Gasteiger partial charge in [0.05, 0.1) is 16.8 Å². The monoisotopic (exact) mass is 280 g/mol. The molecular weight excluding hydrogens is 264 g/mol. The number of fused-ring (bicyclic) bond motifs is 1. The Balaban J connectivity index is 1.96. The molecule has 0 spiro atoms. The molecule has 5 nitrogen and oxygen atoms in total. The predicted octanol–water partition coefficient (Wildman–Crippen LogP) is 2.14. The van der Waals surface area contributed by atoms with Crippen molar-refractivity contribution >= 4 is 22.5 Å². The normalized spacial score (nSPS) is 18.6. The molecule has 1 aliphatic rings. The van der Waals surface area contributed by atoms with Crippen molar-refractivity contribution in [3.63, 3.8) is 0 Å². The summed E-state index contributed by atoms with van der Waals surface area (Å²) in [5, 5.41) is 13.7. The zero-order chi connectivity index (χ0) is 14.8. The maximum absolute atomic E-state index is 11.6. The Morgan fingerprint density at radius 1 is 1.43 bits per heavy atom. The van der Waals surface area contributed by atoms with E-state index >= 15 is 0 Å². The van der Waals surface area contributed by atoms with Gasteiger partial charge in [0.15, 0.2) is 0 Å². The van der Waals surface area contributed by atoms with Gasteiger partial charge in [-0.05, 0) is 12.5 Å². The van der Waals surface area contributed by atoms with Crippen molar-refractivity contribution < 1.29 is 4.79 Å². The Morgan fingerprint density at radius 2 is 2.24 bits per heavy atom. The lowest BCUT2D eigenvalue weighted by atomic mass is 10.0. The first-order valence-corrected chi connectivity index (χ1v) is 6.97. The molecular formula is C16H16N4O.